The molecule has 0 aliphatic rings. The Morgan fingerprint density at radius 2 is 1.85 bits per heavy atom. The first-order valence-electron chi connectivity index (χ1n) is 6.30. The maximum Gasteiger partial charge on any atom is 0.416 e. The molecule has 0 aliphatic carbocycles. The number of benzene rings is 1. The molecular weight excluding hydrogens is 267 g/mol. The molecule has 0 saturated carbocycles. The molecule has 0 bridgehead atoms. The van der Waals surface area contributed by atoms with Crippen LogP contribution in [0.3, 0.4) is 0 Å². The first-order valence-corrected chi connectivity index (χ1v) is 6.30. The van der Waals surface area contributed by atoms with Gasteiger partial charge in [-0.1, -0.05) is 12.1 Å². The van der Waals surface area contributed by atoms with Gasteiger partial charge in [-0.3, -0.25) is 4.68 Å². The second-order valence-corrected chi connectivity index (χ2v) is 4.62. The average Bonchev–Trinajstić information content (AvgIpc) is 2.78. The van der Waals surface area contributed by atoms with E-state index in [9.17, 15) is 13.2 Å². The van der Waals surface area contributed by atoms with Crippen molar-refractivity contribution < 1.29 is 13.2 Å². The first-order chi connectivity index (χ1) is 9.32. The lowest BCUT2D eigenvalue weighted by Crippen LogP contribution is -2.17. The van der Waals surface area contributed by atoms with Crippen molar-refractivity contribution in [3.63, 3.8) is 0 Å². The number of hydrogen-bond donors (Lipinski definition) is 1. The smallest absolute Gasteiger partial charge is 0.319 e. The van der Waals surface area contributed by atoms with Gasteiger partial charge in [0.1, 0.15) is 0 Å². The topological polar surface area (TPSA) is 43.8 Å². The van der Waals surface area contributed by atoms with Crippen LogP contribution < -0.4 is 5.73 Å². The fourth-order valence-electron chi connectivity index (χ4n) is 2.12. The lowest BCUT2D eigenvalue weighted by atomic mass is 10.0. The lowest BCUT2D eigenvalue weighted by molar-refractivity contribution is -0.137. The maximum atomic E-state index is 12.5. The van der Waals surface area contributed by atoms with E-state index in [1.54, 1.807) is 4.68 Å². The standard InChI is InChI=1S/C14H16F3N3/c1-3-20-12(8-9(2)19-20)13(18)10-4-6-11(7-5-10)14(15,16)17/h4-8,13H,3,18H2,1-2H3. The van der Waals surface area contributed by atoms with Crippen molar-refractivity contribution in [3.8, 4) is 0 Å². The molecule has 1 heterocycles. The van der Waals surface area contributed by atoms with E-state index < -0.39 is 17.8 Å². The van der Waals surface area contributed by atoms with Crippen molar-refractivity contribution >= 4 is 0 Å². The van der Waals surface area contributed by atoms with Crippen molar-refractivity contribution in [2.75, 3.05) is 0 Å². The highest BCUT2D eigenvalue weighted by Gasteiger charge is 2.30. The number of halogens is 3. The van der Waals surface area contributed by atoms with Gasteiger partial charge in [0.15, 0.2) is 0 Å². The van der Waals surface area contributed by atoms with Crippen molar-refractivity contribution in [2.24, 2.45) is 5.73 Å². The van der Waals surface area contributed by atoms with Gasteiger partial charge in [-0.05, 0) is 37.6 Å². The minimum absolute atomic E-state index is 0.488. The predicted octanol–water partition coefficient (Wildman–Crippen LogP) is 3.28. The molecule has 0 aliphatic heterocycles. The quantitative estimate of drug-likeness (QED) is 0.939. The lowest BCUT2D eigenvalue weighted by Gasteiger charge is -2.15. The van der Waals surface area contributed by atoms with Crippen molar-refractivity contribution in [3.05, 3.63) is 52.8 Å². The zero-order valence-corrected chi connectivity index (χ0v) is 11.3. The monoisotopic (exact) mass is 283 g/mol. The maximum absolute atomic E-state index is 12.5. The van der Waals surface area contributed by atoms with Crippen LogP contribution in [-0.4, -0.2) is 9.78 Å². The number of aromatic nitrogens is 2. The molecule has 0 saturated heterocycles. The van der Waals surface area contributed by atoms with Gasteiger partial charge in [0.2, 0.25) is 0 Å². The van der Waals surface area contributed by atoms with Gasteiger partial charge < -0.3 is 5.73 Å². The van der Waals surface area contributed by atoms with Gasteiger partial charge in [-0.15, -0.1) is 0 Å². The van der Waals surface area contributed by atoms with Gasteiger partial charge in [-0.25, -0.2) is 0 Å². The summed E-state index contributed by atoms with van der Waals surface area (Å²) in [6.07, 6.45) is -4.33. The number of nitrogens with zero attached hydrogens (tertiary/aromatic N) is 2. The van der Waals surface area contributed by atoms with E-state index in [0.29, 0.717) is 12.1 Å². The number of rotatable bonds is 3. The Labute approximate surface area is 115 Å². The zero-order chi connectivity index (χ0) is 14.9. The summed E-state index contributed by atoms with van der Waals surface area (Å²) in [5.74, 6) is 0. The molecule has 0 radical (unpaired) electrons. The highest BCUT2D eigenvalue weighted by molar-refractivity contribution is 5.32. The Balaban J connectivity index is 2.31. The summed E-state index contributed by atoms with van der Waals surface area (Å²) in [6, 6.07) is 6.29. The normalized spacial score (nSPS) is 13.5. The number of nitrogens with two attached hydrogens (primary N) is 1. The molecule has 2 rings (SSSR count). The van der Waals surface area contributed by atoms with E-state index in [2.05, 4.69) is 5.10 Å². The van der Waals surface area contributed by atoms with E-state index in [0.717, 1.165) is 23.5 Å². The molecule has 0 spiro atoms. The molecule has 1 unspecified atom stereocenters. The number of hydrogen-bond acceptors (Lipinski definition) is 2. The highest BCUT2D eigenvalue weighted by atomic mass is 19.4. The van der Waals surface area contributed by atoms with Gasteiger partial charge in [0.05, 0.1) is 23.0 Å². The van der Waals surface area contributed by atoms with Crippen LogP contribution in [0, 0.1) is 6.92 Å². The first kappa shape index (κ1) is 14.6. The fraction of sp³-hybridized carbons (Fsp3) is 0.357. The van der Waals surface area contributed by atoms with Gasteiger partial charge in [-0.2, -0.15) is 18.3 Å². The van der Waals surface area contributed by atoms with E-state index in [-0.39, 0.29) is 0 Å². The summed E-state index contributed by atoms with van der Waals surface area (Å²) >= 11 is 0. The number of alkyl halides is 3. The Morgan fingerprint density at radius 3 is 2.35 bits per heavy atom. The van der Waals surface area contributed by atoms with Crippen LogP contribution in [0.25, 0.3) is 0 Å². The summed E-state index contributed by atoms with van der Waals surface area (Å²) in [5, 5.41) is 4.29. The molecular formula is C14H16F3N3. The highest BCUT2D eigenvalue weighted by Crippen LogP contribution is 2.30. The Kier molecular flexibility index (Phi) is 3.85. The molecule has 108 valence electrons. The summed E-state index contributed by atoms with van der Waals surface area (Å²) in [6.45, 7) is 4.46. The minimum atomic E-state index is -4.33. The van der Waals surface area contributed by atoms with Crippen molar-refractivity contribution in [1.29, 1.82) is 0 Å². The van der Waals surface area contributed by atoms with Crippen molar-refractivity contribution in [2.45, 2.75) is 32.6 Å². The van der Waals surface area contributed by atoms with Crippen LogP contribution in [0.5, 0.6) is 0 Å². The van der Waals surface area contributed by atoms with Crippen LogP contribution in [0.2, 0.25) is 0 Å². The average molecular weight is 283 g/mol. The molecule has 20 heavy (non-hydrogen) atoms. The molecule has 2 N–H and O–H groups in total. The van der Waals surface area contributed by atoms with Crippen molar-refractivity contribution in [1.82, 2.24) is 9.78 Å². The largest absolute Gasteiger partial charge is 0.416 e. The van der Waals surface area contributed by atoms with Gasteiger partial charge in [0, 0.05) is 6.54 Å². The summed E-state index contributed by atoms with van der Waals surface area (Å²) in [7, 11) is 0. The van der Waals surface area contributed by atoms with E-state index in [4.69, 9.17) is 5.73 Å². The zero-order valence-electron chi connectivity index (χ0n) is 11.3. The van der Waals surface area contributed by atoms with Crippen LogP contribution >= 0.6 is 0 Å². The Hall–Kier alpha value is -1.82. The molecule has 0 amide bonds. The molecule has 1 atom stereocenters. The third-order valence-electron chi connectivity index (χ3n) is 3.15. The molecule has 3 nitrogen and oxygen atoms in total. The van der Waals surface area contributed by atoms with E-state index in [1.165, 1.54) is 12.1 Å². The SMILES string of the molecule is CCn1nc(C)cc1C(N)c1ccc(C(F)(F)F)cc1. The molecule has 1 aromatic heterocycles. The van der Waals surface area contributed by atoms with E-state index in [1.807, 2.05) is 19.9 Å². The van der Waals surface area contributed by atoms with E-state index >= 15 is 0 Å². The van der Waals surface area contributed by atoms with Crippen LogP contribution in [0.15, 0.2) is 30.3 Å². The third kappa shape index (κ3) is 2.85. The minimum Gasteiger partial charge on any atom is -0.319 e. The third-order valence-corrected chi connectivity index (χ3v) is 3.15. The molecule has 2 aromatic rings. The Bertz CT molecular complexity index is 585. The summed E-state index contributed by atoms with van der Waals surface area (Å²) < 4.78 is 39.3. The summed E-state index contributed by atoms with van der Waals surface area (Å²) in [5.41, 5.74) is 7.72. The molecule has 6 heteroatoms. The molecule has 1 aromatic carbocycles. The summed E-state index contributed by atoms with van der Waals surface area (Å²) in [4.78, 5) is 0. The fourth-order valence-corrected chi connectivity index (χ4v) is 2.12. The molecule has 0 fully saturated rings. The van der Waals surface area contributed by atoms with Gasteiger partial charge in [0.25, 0.3) is 0 Å². The Morgan fingerprint density at radius 1 is 1.25 bits per heavy atom. The van der Waals surface area contributed by atoms with Crippen LogP contribution in [-0.2, 0) is 12.7 Å². The van der Waals surface area contributed by atoms with Crippen LogP contribution in [0.1, 0.15) is 35.5 Å². The van der Waals surface area contributed by atoms with Crippen LogP contribution in [0.4, 0.5) is 13.2 Å². The number of aryl methyl sites for hydroxylation is 2. The second kappa shape index (κ2) is 5.28. The second-order valence-electron chi connectivity index (χ2n) is 4.62. The van der Waals surface area contributed by atoms with Gasteiger partial charge >= 0.3 is 6.18 Å². The predicted molar refractivity (Wildman–Crippen MR) is 70.1 cm³/mol.